The number of benzene rings is 1. The highest BCUT2D eigenvalue weighted by Crippen LogP contribution is 2.29. The quantitative estimate of drug-likeness (QED) is 0.267. The summed E-state index contributed by atoms with van der Waals surface area (Å²) in [6, 6.07) is 4.62. The van der Waals surface area contributed by atoms with Gasteiger partial charge in [-0.1, -0.05) is 17.9 Å². The number of piperidine rings is 1. The van der Waals surface area contributed by atoms with Crippen LogP contribution in [0.2, 0.25) is 0 Å². The molecule has 0 saturated carbocycles. The Morgan fingerprint density at radius 1 is 1.19 bits per heavy atom. The summed E-state index contributed by atoms with van der Waals surface area (Å²) in [6.07, 6.45) is 2.74. The van der Waals surface area contributed by atoms with E-state index in [1.165, 1.54) is 4.90 Å². The van der Waals surface area contributed by atoms with Crippen LogP contribution in [0.4, 0.5) is 0 Å². The third-order valence-electron chi connectivity index (χ3n) is 4.96. The van der Waals surface area contributed by atoms with Crippen molar-refractivity contribution in [3.05, 3.63) is 34.9 Å². The summed E-state index contributed by atoms with van der Waals surface area (Å²) in [5.41, 5.74) is 1.98. The van der Waals surface area contributed by atoms with Crippen LogP contribution in [0.1, 0.15) is 47.2 Å². The molecule has 0 radical (unpaired) electrons. The van der Waals surface area contributed by atoms with Crippen LogP contribution in [-0.2, 0) is 35.2 Å². The first kappa shape index (κ1) is 22.9. The molecule has 2 aliphatic heterocycles. The average Bonchev–Trinajstić information content (AvgIpc) is 3.03. The number of carbonyl (C=O) groups is 3. The second kappa shape index (κ2) is 10.0. The molecule has 1 fully saturated rings. The van der Waals surface area contributed by atoms with E-state index in [9.17, 15) is 22.8 Å². The lowest BCUT2D eigenvalue weighted by molar-refractivity contribution is -0.136. The number of unbranched alkanes of at least 4 members (excludes halogenated alkanes) is 1. The molecule has 166 valence electrons. The van der Waals surface area contributed by atoms with E-state index in [2.05, 4.69) is 21.3 Å². The van der Waals surface area contributed by atoms with Gasteiger partial charge in [0.25, 0.3) is 16.0 Å². The minimum absolute atomic E-state index is 0.127. The topological polar surface area (TPSA) is 119 Å². The second-order valence-electron chi connectivity index (χ2n) is 7.32. The van der Waals surface area contributed by atoms with Crippen molar-refractivity contribution in [3.63, 3.8) is 0 Å². The zero-order valence-corrected chi connectivity index (χ0v) is 18.0. The molecule has 1 aromatic rings. The Balaban J connectivity index is 1.52. The minimum Gasteiger partial charge on any atom is -0.369 e. The Kier molecular flexibility index (Phi) is 7.43. The van der Waals surface area contributed by atoms with Crippen molar-refractivity contribution < 1.29 is 31.7 Å². The van der Waals surface area contributed by atoms with Crippen molar-refractivity contribution in [2.45, 2.75) is 38.3 Å². The number of imide groups is 1. The van der Waals surface area contributed by atoms with Crippen LogP contribution < -0.4 is 5.32 Å². The first-order chi connectivity index (χ1) is 14.8. The van der Waals surface area contributed by atoms with Gasteiger partial charge in [0.1, 0.15) is 12.6 Å². The summed E-state index contributed by atoms with van der Waals surface area (Å²) in [5.74, 6) is 4.93. The highest BCUT2D eigenvalue weighted by atomic mass is 32.2. The largest absolute Gasteiger partial charge is 0.369 e. The molecule has 1 unspecified atom stereocenters. The summed E-state index contributed by atoms with van der Waals surface area (Å²) in [6.45, 7) is 1.02. The second-order valence-corrected chi connectivity index (χ2v) is 8.96. The van der Waals surface area contributed by atoms with Crippen LogP contribution in [0.15, 0.2) is 18.2 Å². The Labute approximate surface area is 181 Å². The number of hydrogen-bond acceptors (Lipinski definition) is 7. The summed E-state index contributed by atoms with van der Waals surface area (Å²) < 4.78 is 31.8. The van der Waals surface area contributed by atoms with Crippen molar-refractivity contribution in [2.24, 2.45) is 0 Å². The predicted molar refractivity (Wildman–Crippen MR) is 110 cm³/mol. The van der Waals surface area contributed by atoms with Crippen LogP contribution in [0.25, 0.3) is 0 Å². The van der Waals surface area contributed by atoms with Gasteiger partial charge in [0.05, 0.1) is 12.9 Å². The predicted octanol–water partition coefficient (Wildman–Crippen LogP) is 0.572. The molecule has 1 saturated heterocycles. The van der Waals surface area contributed by atoms with Gasteiger partial charge in [0.2, 0.25) is 11.8 Å². The number of hydrogen-bond donors (Lipinski definition) is 1. The average molecular weight is 448 g/mol. The Bertz CT molecular complexity index is 1040. The van der Waals surface area contributed by atoms with Gasteiger partial charge in [0, 0.05) is 30.7 Å². The van der Waals surface area contributed by atoms with Gasteiger partial charge in [-0.15, -0.1) is 0 Å². The Morgan fingerprint density at radius 3 is 2.71 bits per heavy atom. The normalized spacial score (nSPS) is 18.4. The van der Waals surface area contributed by atoms with E-state index in [4.69, 9.17) is 4.74 Å². The van der Waals surface area contributed by atoms with E-state index in [0.717, 1.165) is 11.8 Å². The van der Waals surface area contributed by atoms with Crippen LogP contribution in [0, 0.1) is 11.8 Å². The number of fused-ring (bicyclic) bond motifs is 1. The Morgan fingerprint density at radius 2 is 1.97 bits per heavy atom. The van der Waals surface area contributed by atoms with Crippen LogP contribution in [0.5, 0.6) is 0 Å². The lowest BCUT2D eigenvalue weighted by atomic mass is 10.0. The molecule has 0 bridgehead atoms. The monoisotopic (exact) mass is 448 g/mol. The van der Waals surface area contributed by atoms with E-state index in [1.54, 1.807) is 12.1 Å². The highest BCUT2D eigenvalue weighted by Gasteiger charge is 2.39. The number of amides is 3. The molecule has 2 heterocycles. The number of nitrogens with one attached hydrogen (secondary N) is 1. The summed E-state index contributed by atoms with van der Waals surface area (Å²) in [7, 11) is -3.41. The van der Waals surface area contributed by atoms with E-state index in [1.807, 2.05) is 6.07 Å². The lowest BCUT2D eigenvalue weighted by Gasteiger charge is -2.29. The number of ether oxygens (including phenoxy) is 1. The van der Waals surface area contributed by atoms with Crippen LogP contribution in [0.3, 0.4) is 0 Å². The third-order valence-corrected chi connectivity index (χ3v) is 5.55. The Hall–Kier alpha value is -2.74. The molecule has 31 heavy (non-hydrogen) atoms. The van der Waals surface area contributed by atoms with Gasteiger partial charge >= 0.3 is 0 Å². The maximum absolute atomic E-state index is 12.8. The van der Waals surface area contributed by atoms with Crippen molar-refractivity contribution in [1.82, 2.24) is 10.2 Å². The van der Waals surface area contributed by atoms with Crippen molar-refractivity contribution >= 4 is 27.8 Å². The van der Waals surface area contributed by atoms with Crippen LogP contribution >= 0.6 is 0 Å². The van der Waals surface area contributed by atoms with Crippen LogP contribution in [-0.4, -0.2) is 63.2 Å². The molecular formula is C21H24N2O7S. The zero-order chi connectivity index (χ0) is 22.4. The van der Waals surface area contributed by atoms with Crippen molar-refractivity contribution in [1.29, 1.82) is 0 Å². The van der Waals surface area contributed by atoms with Gasteiger partial charge in [0.15, 0.2) is 0 Å². The number of rotatable bonds is 8. The van der Waals surface area contributed by atoms with Gasteiger partial charge in [-0.25, -0.2) is 0 Å². The van der Waals surface area contributed by atoms with E-state index < -0.39 is 22.1 Å². The lowest BCUT2D eigenvalue weighted by Crippen LogP contribution is -2.52. The third kappa shape index (κ3) is 6.13. The molecule has 2 aliphatic rings. The first-order valence-electron chi connectivity index (χ1n) is 9.94. The standard InChI is InChI=1S/C21H24N2O7S/c1-31(27,28)30-13-3-2-11-29-12-5-7-15-6-4-8-16-17(15)14-23(21(16)26)18-9-10-19(24)22-20(18)25/h4,6,8,18H,2-3,9-14H2,1H3,(H,22,24,25). The molecule has 10 heteroatoms. The summed E-state index contributed by atoms with van der Waals surface area (Å²) in [4.78, 5) is 37.8. The first-order valence-corrected chi connectivity index (χ1v) is 11.8. The fraction of sp³-hybridized carbons (Fsp3) is 0.476. The van der Waals surface area contributed by atoms with Gasteiger partial charge in [-0.2, -0.15) is 8.42 Å². The summed E-state index contributed by atoms with van der Waals surface area (Å²) >= 11 is 0. The molecule has 3 rings (SSSR count). The molecule has 1 N–H and O–H groups in total. The molecule has 1 atom stereocenters. The molecule has 0 spiro atoms. The fourth-order valence-electron chi connectivity index (χ4n) is 3.47. The maximum atomic E-state index is 12.8. The fourth-order valence-corrected chi connectivity index (χ4v) is 3.89. The van der Waals surface area contributed by atoms with Crippen molar-refractivity contribution in [3.8, 4) is 11.8 Å². The zero-order valence-electron chi connectivity index (χ0n) is 17.2. The number of carbonyl (C=O) groups excluding carboxylic acids is 3. The smallest absolute Gasteiger partial charge is 0.264 e. The van der Waals surface area contributed by atoms with Gasteiger partial charge < -0.3 is 9.64 Å². The SMILES string of the molecule is CS(=O)(=O)OCCCCOCC#Cc1cccc2c1CN(C1CCC(=O)NC1=O)C2=O. The van der Waals surface area contributed by atoms with E-state index in [-0.39, 0.29) is 38.0 Å². The van der Waals surface area contributed by atoms with Crippen molar-refractivity contribution in [2.75, 3.05) is 26.1 Å². The molecule has 0 aliphatic carbocycles. The summed E-state index contributed by atoms with van der Waals surface area (Å²) in [5, 5.41) is 2.29. The molecule has 1 aromatic carbocycles. The van der Waals surface area contributed by atoms with Gasteiger partial charge in [-0.3, -0.25) is 23.9 Å². The number of nitrogens with zero attached hydrogens (tertiary/aromatic N) is 1. The molecule has 9 nitrogen and oxygen atoms in total. The molecule has 3 amide bonds. The molecule has 0 aromatic heterocycles. The minimum atomic E-state index is -3.41. The highest BCUT2D eigenvalue weighted by molar-refractivity contribution is 7.85. The van der Waals surface area contributed by atoms with E-state index >= 15 is 0 Å². The van der Waals surface area contributed by atoms with Gasteiger partial charge in [-0.05, 0) is 37.0 Å². The maximum Gasteiger partial charge on any atom is 0.264 e. The molecular weight excluding hydrogens is 424 g/mol. The van der Waals surface area contributed by atoms with E-state index in [0.29, 0.717) is 37.0 Å².